The molecule has 0 aliphatic heterocycles. The van der Waals surface area contributed by atoms with Gasteiger partial charge in [-0.2, -0.15) is 0 Å². The fraction of sp³-hybridized carbons (Fsp3) is 0.692. The highest BCUT2D eigenvalue weighted by Crippen LogP contribution is 2.70. The van der Waals surface area contributed by atoms with E-state index in [1.165, 1.54) is 12.2 Å². The number of ketones is 3. The number of fused-ring (bicyclic) bond motifs is 5. The Balaban J connectivity index is 1.84. The molecule has 0 aromatic heterocycles. The number of halogens is 2. The number of ether oxygens (including phenoxy) is 1. The number of hydrogen-bond acceptors (Lipinski definition) is 5. The quantitative estimate of drug-likeness (QED) is 0.422. The molecule has 0 aromatic carbocycles. The number of rotatable bonds is 5. The topological polar surface area (TPSA) is 77.5 Å². The summed E-state index contributed by atoms with van der Waals surface area (Å²) in [4.78, 5) is 51.7. The minimum absolute atomic E-state index is 0.153. The SMILES string of the molecule is CCCC(=O)O[C@]1(C(=O)CCl)[C@@H](C)C[C@H]2[C@@H]3CCC4=CC(=O)C=C[C@]4(C)C3(F)C(=O)C[C@@]21C. The van der Waals surface area contributed by atoms with Crippen LogP contribution >= 0.6 is 11.6 Å². The van der Waals surface area contributed by atoms with Gasteiger partial charge in [-0.05, 0) is 50.7 Å². The Morgan fingerprint density at radius 3 is 2.58 bits per heavy atom. The van der Waals surface area contributed by atoms with E-state index in [1.54, 1.807) is 19.9 Å². The zero-order valence-corrected chi connectivity index (χ0v) is 20.5. The van der Waals surface area contributed by atoms with Gasteiger partial charge >= 0.3 is 5.97 Å². The molecule has 4 aliphatic rings. The van der Waals surface area contributed by atoms with Crippen molar-refractivity contribution in [1.29, 1.82) is 0 Å². The molecule has 5 nitrogen and oxygen atoms in total. The van der Waals surface area contributed by atoms with Crippen LogP contribution in [0.2, 0.25) is 0 Å². The lowest BCUT2D eigenvalue weighted by Crippen LogP contribution is -2.68. The van der Waals surface area contributed by atoms with Gasteiger partial charge in [-0.15, -0.1) is 11.6 Å². The van der Waals surface area contributed by atoms with Crippen LogP contribution in [0, 0.1) is 28.6 Å². The van der Waals surface area contributed by atoms with Gasteiger partial charge in [-0.3, -0.25) is 19.2 Å². The van der Waals surface area contributed by atoms with Crippen molar-refractivity contribution in [3.05, 3.63) is 23.8 Å². The van der Waals surface area contributed by atoms with Crippen molar-refractivity contribution in [3.63, 3.8) is 0 Å². The molecule has 0 spiro atoms. The summed E-state index contributed by atoms with van der Waals surface area (Å²) in [5.41, 5.74) is -5.35. The van der Waals surface area contributed by atoms with Crippen molar-refractivity contribution >= 4 is 34.9 Å². The van der Waals surface area contributed by atoms with Crippen molar-refractivity contribution in [2.75, 3.05) is 5.88 Å². The molecule has 33 heavy (non-hydrogen) atoms. The molecule has 3 saturated carbocycles. The van der Waals surface area contributed by atoms with E-state index < -0.39 is 51.5 Å². The molecule has 0 bridgehead atoms. The van der Waals surface area contributed by atoms with Gasteiger partial charge in [-0.25, -0.2) is 4.39 Å². The number of hydrogen-bond donors (Lipinski definition) is 0. The van der Waals surface area contributed by atoms with Crippen LogP contribution in [0.5, 0.6) is 0 Å². The highest BCUT2D eigenvalue weighted by atomic mass is 35.5. The van der Waals surface area contributed by atoms with E-state index in [2.05, 4.69) is 0 Å². The zero-order chi connectivity index (χ0) is 24.4. The Morgan fingerprint density at radius 1 is 1.24 bits per heavy atom. The lowest BCUT2D eigenvalue weighted by molar-refractivity contribution is -0.201. The van der Waals surface area contributed by atoms with E-state index in [0.717, 1.165) is 0 Å². The molecule has 4 aliphatic carbocycles. The van der Waals surface area contributed by atoms with Crippen molar-refractivity contribution < 1.29 is 28.3 Å². The average Bonchev–Trinajstić information content (AvgIpc) is 2.97. The molecule has 0 amide bonds. The third-order valence-corrected chi connectivity index (χ3v) is 9.45. The molecule has 0 N–H and O–H groups in total. The van der Waals surface area contributed by atoms with E-state index in [4.69, 9.17) is 16.3 Å². The summed E-state index contributed by atoms with van der Waals surface area (Å²) < 4.78 is 23.1. The molecular formula is C26H32ClFO5. The minimum atomic E-state index is -2.19. The van der Waals surface area contributed by atoms with Crippen molar-refractivity contribution in [2.24, 2.45) is 28.6 Å². The van der Waals surface area contributed by atoms with Gasteiger partial charge in [-0.1, -0.05) is 32.4 Å². The Labute approximate surface area is 199 Å². The van der Waals surface area contributed by atoms with Crippen LogP contribution in [0.3, 0.4) is 0 Å². The standard InChI is InChI=1S/C26H32ClFO5/c1-5-6-22(32)33-26(21(31)14-27)15(2)11-19-18-8-7-16-12-17(29)9-10-23(16,3)25(18,28)20(30)13-24(19,26)4/h9-10,12,15,18-19H,5-8,11,13-14H2,1-4H3/t15-,18-,19-,23-,24-,25?,26-/m0/s1. The summed E-state index contributed by atoms with van der Waals surface area (Å²) in [6.07, 6.45) is 6.21. The number of alkyl halides is 2. The monoisotopic (exact) mass is 478 g/mol. The maximum absolute atomic E-state index is 17.1. The fourth-order valence-corrected chi connectivity index (χ4v) is 7.86. The van der Waals surface area contributed by atoms with Crippen LogP contribution in [0.1, 0.15) is 66.2 Å². The summed E-state index contributed by atoms with van der Waals surface area (Å²) in [6.45, 7) is 7.19. The summed E-state index contributed by atoms with van der Waals surface area (Å²) in [5.74, 6) is -3.45. The molecule has 3 fully saturated rings. The normalized spacial score (nSPS) is 43.9. The molecule has 7 heteroatoms. The first-order valence-corrected chi connectivity index (χ1v) is 12.4. The number of esters is 1. The molecule has 0 heterocycles. The predicted molar refractivity (Wildman–Crippen MR) is 121 cm³/mol. The van der Waals surface area contributed by atoms with Crippen molar-refractivity contribution in [2.45, 2.75) is 77.5 Å². The second-order valence-electron chi connectivity index (χ2n) is 10.7. The van der Waals surface area contributed by atoms with Gasteiger partial charge in [0.05, 0.1) is 5.88 Å². The van der Waals surface area contributed by atoms with Gasteiger partial charge in [0.25, 0.3) is 0 Å². The van der Waals surface area contributed by atoms with Crippen LogP contribution in [0.4, 0.5) is 4.39 Å². The lowest BCUT2D eigenvalue weighted by atomic mass is 9.45. The van der Waals surface area contributed by atoms with E-state index in [0.29, 0.717) is 31.3 Å². The third kappa shape index (κ3) is 2.95. The highest BCUT2D eigenvalue weighted by Gasteiger charge is 2.77. The largest absolute Gasteiger partial charge is 0.450 e. The van der Waals surface area contributed by atoms with E-state index in [1.807, 2.05) is 13.8 Å². The number of Topliss-reactive ketones (excluding diaryl/α,β-unsaturated/α-hetero) is 2. The van der Waals surface area contributed by atoms with Crippen LogP contribution in [0.25, 0.3) is 0 Å². The number of carbonyl (C=O) groups is 4. The number of carbonyl (C=O) groups excluding carboxylic acids is 4. The fourth-order valence-electron chi connectivity index (χ4n) is 7.66. The maximum Gasteiger partial charge on any atom is 0.306 e. The van der Waals surface area contributed by atoms with Crippen LogP contribution in [0.15, 0.2) is 23.8 Å². The molecule has 0 aromatic rings. The van der Waals surface area contributed by atoms with Crippen LogP contribution < -0.4 is 0 Å². The molecule has 180 valence electrons. The summed E-state index contributed by atoms with van der Waals surface area (Å²) in [7, 11) is 0. The Bertz CT molecular complexity index is 987. The summed E-state index contributed by atoms with van der Waals surface area (Å²) in [6, 6.07) is 0. The molecular weight excluding hydrogens is 447 g/mol. The Kier molecular flexibility index (Phi) is 5.79. The third-order valence-electron chi connectivity index (χ3n) is 9.21. The van der Waals surface area contributed by atoms with Crippen LogP contribution in [-0.4, -0.2) is 40.5 Å². The van der Waals surface area contributed by atoms with Crippen molar-refractivity contribution in [1.82, 2.24) is 0 Å². The Hall–Kier alpha value is -1.82. The predicted octanol–water partition coefficient (Wildman–Crippen LogP) is 4.70. The van der Waals surface area contributed by atoms with Crippen molar-refractivity contribution in [3.8, 4) is 0 Å². The maximum atomic E-state index is 17.1. The molecule has 0 radical (unpaired) electrons. The Morgan fingerprint density at radius 2 is 1.94 bits per heavy atom. The second-order valence-corrected chi connectivity index (χ2v) is 11.0. The van der Waals surface area contributed by atoms with Gasteiger partial charge in [0.2, 0.25) is 0 Å². The zero-order valence-electron chi connectivity index (χ0n) is 19.7. The van der Waals surface area contributed by atoms with Crippen LogP contribution in [-0.2, 0) is 23.9 Å². The highest BCUT2D eigenvalue weighted by molar-refractivity contribution is 6.29. The average molecular weight is 479 g/mol. The summed E-state index contributed by atoms with van der Waals surface area (Å²) >= 11 is 6.02. The smallest absolute Gasteiger partial charge is 0.306 e. The van der Waals surface area contributed by atoms with E-state index in [-0.39, 0.29) is 30.4 Å². The first-order valence-electron chi connectivity index (χ1n) is 11.9. The molecule has 1 unspecified atom stereocenters. The van der Waals surface area contributed by atoms with Gasteiger partial charge < -0.3 is 4.74 Å². The van der Waals surface area contributed by atoms with Gasteiger partial charge in [0.15, 0.2) is 28.6 Å². The second kappa shape index (κ2) is 7.86. The first-order chi connectivity index (χ1) is 15.4. The number of allylic oxidation sites excluding steroid dienone is 4. The summed E-state index contributed by atoms with van der Waals surface area (Å²) in [5, 5.41) is 0. The van der Waals surface area contributed by atoms with Gasteiger partial charge in [0, 0.05) is 35.5 Å². The molecule has 0 saturated heterocycles. The van der Waals surface area contributed by atoms with E-state index >= 15 is 4.39 Å². The molecule has 7 atom stereocenters. The van der Waals surface area contributed by atoms with E-state index in [9.17, 15) is 19.2 Å². The molecule has 4 rings (SSSR count). The minimum Gasteiger partial charge on any atom is -0.450 e. The van der Waals surface area contributed by atoms with Gasteiger partial charge in [0.1, 0.15) is 0 Å². The lowest BCUT2D eigenvalue weighted by Gasteiger charge is -2.59. The first kappa shape index (κ1) is 24.3.